The molecule has 0 aromatic carbocycles. The smallest absolute Gasteiger partial charge is 0.314 e. The first-order valence-corrected chi connectivity index (χ1v) is 9.39. The molecular formula is C19H37NO3. The van der Waals surface area contributed by atoms with Crippen molar-refractivity contribution < 1.29 is 14.7 Å². The predicted molar refractivity (Wildman–Crippen MR) is 95.4 cm³/mol. The average molecular weight is 328 g/mol. The van der Waals surface area contributed by atoms with Gasteiger partial charge >= 0.3 is 5.97 Å². The number of hydrogen-bond acceptors (Lipinski definition) is 3. The lowest BCUT2D eigenvalue weighted by Crippen LogP contribution is -2.30. The Morgan fingerprint density at radius 2 is 1.39 bits per heavy atom. The molecule has 0 saturated carbocycles. The van der Waals surface area contributed by atoms with Gasteiger partial charge in [-0.15, -0.1) is 0 Å². The molecule has 0 aliphatic heterocycles. The van der Waals surface area contributed by atoms with E-state index in [9.17, 15) is 14.7 Å². The number of Topliss-reactive ketones (excluding diaryl/α,β-unsaturated/α-hetero) is 1. The molecule has 0 aliphatic carbocycles. The number of nitrogens with two attached hydrogens (primary N) is 1. The first-order chi connectivity index (χ1) is 10.9. The van der Waals surface area contributed by atoms with Crippen LogP contribution in [0.5, 0.6) is 0 Å². The minimum atomic E-state index is -0.948. The highest BCUT2D eigenvalue weighted by atomic mass is 16.4. The minimum absolute atomic E-state index is 0.000569. The third kappa shape index (κ3) is 11.3. The van der Waals surface area contributed by atoms with Crippen molar-refractivity contribution in [2.45, 2.75) is 97.4 Å². The number of carbonyl (C=O) groups is 2. The van der Waals surface area contributed by atoms with Gasteiger partial charge in [-0.1, -0.05) is 58.3 Å². The number of ketones is 1. The number of unbranched alkanes of at least 4 members (excludes halogenated alkanes) is 6. The molecule has 3 atom stereocenters. The van der Waals surface area contributed by atoms with E-state index >= 15 is 0 Å². The summed E-state index contributed by atoms with van der Waals surface area (Å²) in [6.45, 7) is 5.59. The molecule has 4 nitrogen and oxygen atoms in total. The van der Waals surface area contributed by atoms with Gasteiger partial charge in [0.05, 0.1) is 0 Å². The molecule has 0 aromatic heterocycles. The Morgan fingerprint density at radius 3 is 1.83 bits per heavy atom. The Kier molecular flexibility index (Phi) is 13.0. The summed E-state index contributed by atoms with van der Waals surface area (Å²) in [5, 5.41) is 9.36. The van der Waals surface area contributed by atoms with Gasteiger partial charge in [-0.05, 0) is 39.0 Å². The van der Waals surface area contributed by atoms with Crippen molar-refractivity contribution in [3.63, 3.8) is 0 Å². The molecule has 23 heavy (non-hydrogen) atoms. The van der Waals surface area contributed by atoms with E-state index in [2.05, 4.69) is 6.92 Å². The summed E-state index contributed by atoms with van der Waals surface area (Å²) in [6.07, 6.45) is 11.7. The zero-order valence-electron chi connectivity index (χ0n) is 15.4. The van der Waals surface area contributed by atoms with Gasteiger partial charge in [0, 0.05) is 6.04 Å². The highest BCUT2D eigenvalue weighted by Crippen LogP contribution is 2.27. The topological polar surface area (TPSA) is 80.4 Å². The number of carboxylic acids is 1. The monoisotopic (exact) mass is 327 g/mol. The molecule has 0 radical (unpaired) electrons. The molecule has 0 spiro atoms. The summed E-state index contributed by atoms with van der Waals surface area (Å²) in [6, 6.07) is 0.282. The van der Waals surface area contributed by atoms with Gasteiger partial charge in [-0.2, -0.15) is 0 Å². The molecule has 0 aliphatic rings. The van der Waals surface area contributed by atoms with Gasteiger partial charge in [-0.25, -0.2) is 0 Å². The van der Waals surface area contributed by atoms with Crippen LogP contribution < -0.4 is 5.73 Å². The standard InChI is InChI=1S/C19H37NO3/c1-4-5-9-13-17(18(16(3)21)19(22)23)14-11-8-6-7-10-12-15(2)20/h15,17-18H,4-14,20H2,1-3H3,(H,22,23). The Balaban J connectivity index is 4.20. The molecule has 0 aromatic rings. The van der Waals surface area contributed by atoms with Crippen LogP contribution in [0.25, 0.3) is 0 Å². The van der Waals surface area contributed by atoms with Crippen molar-refractivity contribution in [2.75, 3.05) is 0 Å². The molecule has 0 rings (SSSR count). The molecular weight excluding hydrogens is 290 g/mol. The van der Waals surface area contributed by atoms with E-state index in [1.54, 1.807) is 0 Å². The lowest BCUT2D eigenvalue weighted by atomic mass is 9.81. The summed E-state index contributed by atoms with van der Waals surface area (Å²) in [5.41, 5.74) is 5.73. The molecule has 3 unspecified atom stereocenters. The maximum Gasteiger partial charge on any atom is 0.314 e. The minimum Gasteiger partial charge on any atom is -0.481 e. The molecule has 0 amide bonds. The van der Waals surface area contributed by atoms with Gasteiger partial charge in [0.1, 0.15) is 11.7 Å². The number of aliphatic carboxylic acids is 1. The Bertz CT molecular complexity index is 315. The lowest BCUT2D eigenvalue weighted by Gasteiger charge is -2.22. The fourth-order valence-electron chi connectivity index (χ4n) is 3.24. The van der Waals surface area contributed by atoms with Gasteiger partial charge in [0.15, 0.2) is 0 Å². The van der Waals surface area contributed by atoms with Crippen LogP contribution in [-0.4, -0.2) is 22.9 Å². The molecule has 0 fully saturated rings. The first-order valence-electron chi connectivity index (χ1n) is 9.39. The van der Waals surface area contributed by atoms with Crippen LogP contribution in [0.4, 0.5) is 0 Å². The van der Waals surface area contributed by atoms with Crippen LogP contribution in [0.3, 0.4) is 0 Å². The third-order valence-electron chi connectivity index (χ3n) is 4.59. The van der Waals surface area contributed by atoms with Gasteiger partial charge < -0.3 is 10.8 Å². The molecule has 0 heterocycles. The van der Waals surface area contributed by atoms with Gasteiger partial charge in [0.25, 0.3) is 0 Å². The SMILES string of the molecule is CCCCCC(CCCCCCCC(C)N)C(C(C)=O)C(=O)O. The molecule has 4 heteroatoms. The summed E-state index contributed by atoms with van der Waals surface area (Å²) < 4.78 is 0. The maximum absolute atomic E-state index is 11.7. The molecule has 0 saturated heterocycles. The van der Waals surface area contributed by atoms with Crippen molar-refractivity contribution in [3.05, 3.63) is 0 Å². The maximum atomic E-state index is 11.7. The molecule has 0 bridgehead atoms. The van der Waals surface area contributed by atoms with Gasteiger partial charge in [-0.3, -0.25) is 9.59 Å². The van der Waals surface area contributed by atoms with Crippen LogP contribution in [0.2, 0.25) is 0 Å². The van der Waals surface area contributed by atoms with E-state index in [0.717, 1.165) is 51.4 Å². The van der Waals surface area contributed by atoms with E-state index in [1.165, 1.54) is 26.2 Å². The van der Waals surface area contributed by atoms with Crippen LogP contribution in [0, 0.1) is 11.8 Å². The summed E-state index contributed by atoms with van der Waals surface area (Å²) in [4.78, 5) is 23.1. The second kappa shape index (κ2) is 13.5. The zero-order chi connectivity index (χ0) is 17.7. The van der Waals surface area contributed by atoms with E-state index in [-0.39, 0.29) is 17.7 Å². The number of carbonyl (C=O) groups excluding carboxylic acids is 1. The van der Waals surface area contributed by atoms with Crippen LogP contribution in [-0.2, 0) is 9.59 Å². The van der Waals surface area contributed by atoms with Gasteiger partial charge in [0.2, 0.25) is 0 Å². The van der Waals surface area contributed by atoms with Crippen molar-refractivity contribution in [3.8, 4) is 0 Å². The van der Waals surface area contributed by atoms with E-state index < -0.39 is 11.9 Å². The fraction of sp³-hybridized carbons (Fsp3) is 0.895. The van der Waals surface area contributed by atoms with Crippen LogP contribution >= 0.6 is 0 Å². The molecule has 3 N–H and O–H groups in total. The summed E-state index contributed by atoms with van der Waals surface area (Å²) in [5.74, 6) is -1.96. The molecule has 136 valence electrons. The largest absolute Gasteiger partial charge is 0.481 e. The first kappa shape index (κ1) is 22.1. The van der Waals surface area contributed by atoms with E-state index in [0.29, 0.717) is 0 Å². The van der Waals surface area contributed by atoms with Crippen molar-refractivity contribution in [1.29, 1.82) is 0 Å². The normalized spacial score (nSPS) is 15.1. The number of hydrogen-bond donors (Lipinski definition) is 2. The second-order valence-electron chi connectivity index (χ2n) is 7.00. The van der Waals surface area contributed by atoms with Crippen LogP contribution in [0.1, 0.15) is 91.4 Å². The lowest BCUT2D eigenvalue weighted by molar-refractivity contribution is -0.148. The average Bonchev–Trinajstić information content (AvgIpc) is 2.44. The highest BCUT2D eigenvalue weighted by molar-refractivity contribution is 5.97. The van der Waals surface area contributed by atoms with Crippen molar-refractivity contribution >= 4 is 11.8 Å². The van der Waals surface area contributed by atoms with Crippen molar-refractivity contribution in [1.82, 2.24) is 0 Å². The Hall–Kier alpha value is -0.900. The Labute approximate surface area is 142 Å². The van der Waals surface area contributed by atoms with Crippen molar-refractivity contribution in [2.24, 2.45) is 17.6 Å². The van der Waals surface area contributed by atoms with Crippen LogP contribution in [0.15, 0.2) is 0 Å². The fourth-order valence-corrected chi connectivity index (χ4v) is 3.24. The highest BCUT2D eigenvalue weighted by Gasteiger charge is 2.31. The summed E-state index contributed by atoms with van der Waals surface area (Å²) in [7, 11) is 0. The number of carboxylic acid groups (broad SMARTS) is 1. The summed E-state index contributed by atoms with van der Waals surface area (Å²) >= 11 is 0. The van der Waals surface area contributed by atoms with E-state index in [1.807, 2.05) is 6.92 Å². The second-order valence-corrected chi connectivity index (χ2v) is 7.00. The zero-order valence-corrected chi connectivity index (χ0v) is 15.4. The Morgan fingerprint density at radius 1 is 0.913 bits per heavy atom. The number of rotatable bonds is 15. The van der Waals surface area contributed by atoms with E-state index in [4.69, 9.17) is 5.73 Å². The predicted octanol–water partition coefficient (Wildman–Crippen LogP) is 4.55. The third-order valence-corrected chi connectivity index (χ3v) is 4.59. The quantitative estimate of drug-likeness (QED) is 0.341.